The van der Waals surface area contributed by atoms with Gasteiger partial charge in [0.1, 0.15) is 12.1 Å². The minimum Gasteiger partial charge on any atom is -0.479 e. The predicted octanol–water partition coefficient (Wildman–Crippen LogP) is 1.27. The SMILES string of the molecule is COc1cc(CCC(=O)N2CCO[C@@H](CCc3ccncn3)C2)on1. The summed E-state index contributed by atoms with van der Waals surface area (Å²) in [7, 11) is 1.53. The molecule has 0 saturated carbocycles. The highest BCUT2D eigenvalue weighted by molar-refractivity contribution is 5.76. The molecule has 3 heterocycles. The lowest BCUT2D eigenvalue weighted by molar-refractivity contribution is -0.139. The lowest BCUT2D eigenvalue weighted by atomic mass is 10.1. The van der Waals surface area contributed by atoms with Crippen molar-refractivity contribution in [1.82, 2.24) is 20.0 Å². The molecule has 0 spiro atoms. The van der Waals surface area contributed by atoms with Gasteiger partial charge in [-0.3, -0.25) is 4.79 Å². The van der Waals surface area contributed by atoms with Gasteiger partial charge in [0, 0.05) is 43.9 Å². The summed E-state index contributed by atoms with van der Waals surface area (Å²) in [5.74, 6) is 1.18. The smallest absolute Gasteiger partial charge is 0.254 e. The molecule has 0 unspecified atom stereocenters. The first-order valence-corrected chi connectivity index (χ1v) is 8.38. The van der Waals surface area contributed by atoms with Crippen LogP contribution in [0.15, 0.2) is 29.2 Å². The molecular formula is C17H22N4O4. The molecule has 8 nitrogen and oxygen atoms in total. The first kappa shape index (κ1) is 17.3. The molecule has 0 bridgehead atoms. The average molecular weight is 346 g/mol. The Labute approximate surface area is 146 Å². The zero-order valence-electron chi connectivity index (χ0n) is 14.3. The van der Waals surface area contributed by atoms with E-state index < -0.39 is 0 Å². The third-order valence-electron chi connectivity index (χ3n) is 4.19. The Balaban J connectivity index is 1.44. The Hall–Kier alpha value is -2.48. The molecule has 0 aromatic carbocycles. The number of morpholine rings is 1. The van der Waals surface area contributed by atoms with Crippen molar-refractivity contribution in [2.45, 2.75) is 31.8 Å². The number of hydrogen-bond acceptors (Lipinski definition) is 7. The summed E-state index contributed by atoms with van der Waals surface area (Å²) in [4.78, 5) is 22.4. The van der Waals surface area contributed by atoms with E-state index in [1.54, 1.807) is 18.6 Å². The predicted molar refractivity (Wildman–Crippen MR) is 88.0 cm³/mol. The quantitative estimate of drug-likeness (QED) is 0.745. The standard InChI is InChI=1S/C17H22N4O4/c1-23-16-10-14(25-20-16)4-5-17(22)21-8-9-24-15(11-21)3-2-13-6-7-18-12-19-13/h6-7,10,12,15H,2-5,8-9,11H2,1H3/t15-/m0/s1. The van der Waals surface area contributed by atoms with E-state index in [2.05, 4.69) is 15.1 Å². The number of aryl methyl sites for hydroxylation is 2. The van der Waals surface area contributed by atoms with Crippen LogP contribution in [0.25, 0.3) is 0 Å². The van der Waals surface area contributed by atoms with E-state index in [0.29, 0.717) is 44.2 Å². The van der Waals surface area contributed by atoms with E-state index in [0.717, 1.165) is 18.5 Å². The van der Waals surface area contributed by atoms with Gasteiger partial charge >= 0.3 is 0 Å². The summed E-state index contributed by atoms with van der Waals surface area (Å²) in [6.45, 7) is 1.81. The molecule has 0 N–H and O–H groups in total. The third-order valence-corrected chi connectivity index (χ3v) is 4.19. The fourth-order valence-corrected chi connectivity index (χ4v) is 2.79. The highest BCUT2D eigenvalue weighted by Gasteiger charge is 2.24. The van der Waals surface area contributed by atoms with Gasteiger partial charge in [0.15, 0.2) is 0 Å². The van der Waals surface area contributed by atoms with Gasteiger partial charge in [-0.1, -0.05) is 0 Å². The molecule has 2 aromatic heterocycles. The maximum atomic E-state index is 12.4. The minimum absolute atomic E-state index is 0.0399. The van der Waals surface area contributed by atoms with Crippen molar-refractivity contribution in [3.8, 4) is 5.88 Å². The van der Waals surface area contributed by atoms with Crippen LogP contribution in [0.3, 0.4) is 0 Å². The van der Waals surface area contributed by atoms with Gasteiger partial charge in [-0.15, -0.1) is 0 Å². The third kappa shape index (κ3) is 4.99. The second-order valence-electron chi connectivity index (χ2n) is 5.91. The second-order valence-corrected chi connectivity index (χ2v) is 5.91. The molecule has 2 aromatic rings. The molecule has 1 aliphatic heterocycles. The van der Waals surface area contributed by atoms with E-state index in [4.69, 9.17) is 14.0 Å². The topological polar surface area (TPSA) is 90.6 Å². The number of aromatic nitrogens is 3. The van der Waals surface area contributed by atoms with E-state index in [9.17, 15) is 4.79 Å². The lowest BCUT2D eigenvalue weighted by Gasteiger charge is -2.33. The maximum absolute atomic E-state index is 12.4. The molecule has 8 heteroatoms. The van der Waals surface area contributed by atoms with Gasteiger partial charge < -0.3 is 18.9 Å². The van der Waals surface area contributed by atoms with Crippen LogP contribution < -0.4 is 4.74 Å². The van der Waals surface area contributed by atoms with E-state index in [1.165, 1.54) is 7.11 Å². The molecule has 1 fully saturated rings. The molecular weight excluding hydrogens is 324 g/mol. The second kappa shape index (κ2) is 8.57. The van der Waals surface area contributed by atoms with Gasteiger partial charge in [-0.05, 0) is 24.1 Å². The van der Waals surface area contributed by atoms with Crippen molar-refractivity contribution in [2.24, 2.45) is 0 Å². The Morgan fingerprint density at radius 3 is 3.12 bits per heavy atom. The molecule has 1 amide bonds. The van der Waals surface area contributed by atoms with Crippen molar-refractivity contribution in [1.29, 1.82) is 0 Å². The minimum atomic E-state index is 0.0399. The molecule has 3 rings (SSSR count). The van der Waals surface area contributed by atoms with E-state index in [1.807, 2.05) is 11.0 Å². The monoisotopic (exact) mass is 346 g/mol. The number of hydrogen-bond donors (Lipinski definition) is 0. The van der Waals surface area contributed by atoms with Crippen LogP contribution in [-0.4, -0.2) is 58.8 Å². The van der Waals surface area contributed by atoms with Crippen LogP contribution in [0, 0.1) is 0 Å². The molecule has 0 aliphatic carbocycles. The van der Waals surface area contributed by atoms with Crippen LogP contribution in [0.5, 0.6) is 5.88 Å². The van der Waals surface area contributed by atoms with E-state index >= 15 is 0 Å². The number of methoxy groups -OCH3 is 1. The van der Waals surface area contributed by atoms with Crippen LogP contribution >= 0.6 is 0 Å². The lowest BCUT2D eigenvalue weighted by Crippen LogP contribution is -2.45. The molecule has 1 aliphatic rings. The summed E-state index contributed by atoms with van der Waals surface area (Å²) in [5, 5.41) is 3.74. The van der Waals surface area contributed by atoms with Crippen LogP contribution in [0.1, 0.15) is 24.3 Å². The average Bonchev–Trinajstić information content (AvgIpc) is 3.14. The van der Waals surface area contributed by atoms with Crippen molar-refractivity contribution in [3.63, 3.8) is 0 Å². The van der Waals surface area contributed by atoms with Crippen molar-refractivity contribution in [2.75, 3.05) is 26.8 Å². The van der Waals surface area contributed by atoms with Crippen molar-refractivity contribution >= 4 is 5.91 Å². The highest BCUT2D eigenvalue weighted by Crippen LogP contribution is 2.15. The van der Waals surface area contributed by atoms with Gasteiger partial charge in [0.05, 0.1) is 19.8 Å². The largest absolute Gasteiger partial charge is 0.479 e. The van der Waals surface area contributed by atoms with Crippen molar-refractivity contribution in [3.05, 3.63) is 36.1 Å². The Morgan fingerprint density at radius 1 is 1.44 bits per heavy atom. The van der Waals surface area contributed by atoms with Gasteiger partial charge in [-0.25, -0.2) is 9.97 Å². The molecule has 1 saturated heterocycles. The maximum Gasteiger partial charge on any atom is 0.254 e. The fourth-order valence-electron chi connectivity index (χ4n) is 2.79. The summed E-state index contributed by atoms with van der Waals surface area (Å²) >= 11 is 0. The first-order chi connectivity index (χ1) is 12.2. The number of carbonyl (C=O) groups is 1. The fraction of sp³-hybridized carbons (Fsp3) is 0.529. The van der Waals surface area contributed by atoms with Crippen LogP contribution in [0.4, 0.5) is 0 Å². The number of ether oxygens (including phenoxy) is 2. The molecule has 25 heavy (non-hydrogen) atoms. The summed E-state index contributed by atoms with van der Waals surface area (Å²) in [6, 6.07) is 3.61. The van der Waals surface area contributed by atoms with E-state index in [-0.39, 0.29) is 12.0 Å². The zero-order chi connectivity index (χ0) is 17.5. The summed E-state index contributed by atoms with van der Waals surface area (Å²) in [6.07, 6.45) is 5.87. The number of amides is 1. The normalized spacial score (nSPS) is 17.5. The molecule has 0 radical (unpaired) electrons. The van der Waals surface area contributed by atoms with Gasteiger partial charge in [0.25, 0.3) is 5.88 Å². The molecule has 134 valence electrons. The Kier molecular flexibility index (Phi) is 5.95. The Morgan fingerprint density at radius 2 is 2.36 bits per heavy atom. The Bertz CT molecular complexity index is 676. The van der Waals surface area contributed by atoms with Gasteiger partial charge in [0.2, 0.25) is 5.91 Å². The number of nitrogens with zero attached hydrogens (tertiary/aromatic N) is 4. The summed E-state index contributed by atoms with van der Waals surface area (Å²) < 4.78 is 15.9. The number of rotatable bonds is 7. The number of carbonyl (C=O) groups excluding carboxylic acids is 1. The summed E-state index contributed by atoms with van der Waals surface area (Å²) in [5.41, 5.74) is 0.987. The first-order valence-electron chi connectivity index (χ1n) is 8.38. The van der Waals surface area contributed by atoms with Crippen molar-refractivity contribution < 1.29 is 18.8 Å². The zero-order valence-corrected chi connectivity index (χ0v) is 14.3. The van der Waals surface area contributed by atoms with Crippen LogP contribution in [0.2, 0.25) is 0 Å². The van der Waals surface area contributed by atoms with Gasteiger partial charge in [-0.2, -0.15) is 0 Å². The molecule has 1 atom stereocenters. The van der Waals surface area contributed by atoms with Crippen LogP contribution in [-0.2, 0) is 22.4 Å². The highest BCUT2D eigenvalue weighted by atomic mass is 16.5.